The fourth-order valence-electron chi connectivity index (χ4n) is 2.60. The van der Waals surface area contributed by atoms with Gasteiger partial charge < -0.3 is 9.84 Å². The third-order valence-corrected chi connectivity index (χ3v) is 3.70. The zero-order valence-corrected chi connectivity index (χ0v) is 12.4. The van der Waals surface area contributed by atoms with Crippen molar-refractivity contribution < 1.29 is 14.6 Å². The maximum absolute atomic E-state index is 11.6. The highest BCUT2D eigenvalue weighted by molar-refractivity contribution is 5.99. The van der Waals surface area contributed by atoms with Crippen LogP contribution in [0.3, 0.4) is 0 Å². The highest BCUT2D eigenvalue weighted by atomic mass is 16.5. The third-order valence-electron chi connectivity index (χ3n) is 3.70. The minimum Gasteiger partial charge on any atom is -0.507 e. The van der Waals surface area contributed by atoms with E-state index in [9.17, 15) is 15.2 Å². The van der Waals surface area contributed by atoms with Gasteiger partial charge >= 0.3 is 5.97 Å². The number of fused-ring (bicyclic) bond motifs is 1. The SMILES string of the molecule is COC(=O)c1ccc(-c2cc(C#N)cc3ccccc23)cc1O. The molecule has 0 unspecified atom stereocenters. The van der Waals surface area contributed by atoms with Gasteiger partial charge in [-0.05, 0) is 46.2 Å². The molecule has 1 N–H and O–H groups in total. The van der Waals surface area contributed by atoms with Gasteiger partial charge in [0.1, 0.15) is 11.3 Å². The summed E-state index contributed by atoms with van der Waals surface area (Å²) in [5.74, 6) is -0.745. The first-order chi connectivity index (χ1) is 11.1. The summed E-state index contributed by atoms with van der Waals surface area (Å²) in [7, 11) is 1.26. The number of hydrogen-bond acceptors (Lipinski definition) is 4. The summed E-state index contributed by atoms with van der Waals surface area (Å²) in [5.41, 5.74) is 2.20. The Morgan fingerprint density at radius 2 is 1.91 bits per heavy atom. The Hall–Kier alpha value is -3.32. The number of esters is 1. The van der Waals surface area contributed by atoms with E-state index in [1.54, 1.807) is 12.1 Å². The standard InChI is InChI=1S/C19H13NO3/c1-23-19(22)16-7-6-14(10-18(16)21)17-9-12(11-20)8-13-4-2-3-5-15(13)17/h2-10,21H,1H3. The lowest BCUT2D eigenvalue weighted by Crippen LogP contribution is -2.01. The van der Waals surface area contributed by atoms with Crippen LogP contribution in [0.1, 0.15) is 15.9 Å². The maximum Gasteiger partial charge on any atom is 0.341 e. The second kappa shape index (κ2) is 5.82. The number of benzene rings is 3. The van der Waals surface area contributed by atoms with Crippen LogP contribution in [0.15, 0.2) is 54.6 Å². The second-order valence-corrected chi connectivity index (χ2v) is 5.08. The fourth-order valence-corrected chi connectivity index (χ4v) is 2.60. The van der Waals surface area contributed by atoms with E-state index >= 15 is 0 Å². The molecule has 3 rings (SSSR count). The molecule has 0 fully saturated rings. The van der Waals surface area contributed by atoms with Crippen LogP contribution in [-0.4, -0.2) is 18.2 Å². The van der Waals surface area contributed by atoms with E-state index in [1.165, 1.54) is 19.2 Å². The van der Waals surface area contributed by atoms with Gasteiger partial charge in [-0.3, -0.25) is 0 Å². The molecule has 0 aromatic heterocycles. The quantitative estimate of drug-likeness (QED) is 0.729. The molecule has 0 aliphatic carbocycles. The molecule has 3 aromatic carbocycles. The minimum absolute atomic E-state index is 0.108. The molecule has 4 nitrogen and oxygen atoms in total. The molecule has 0 atom stereocenters. The third kappa shape index (κ3) is 2.60. The van der Waals surface area contributed by atoms with Crippen LogP contribution in [-0.2, 0) is 4.74 Å². The van der Waals surface area contributed by atoms with Gasteiger partial charge in [0, 0.05) is 0 Å². The van der Waals surface area contributed by atoms with Gasteiger partial charge in [-0.15, -0.1) is 0 Å². The number of carbonyl (C=O) groups is 1. The van der Waals surface area contributed by atoms with Crippen LogP contribution in [0.25, 0.3) is 21.9 Å². The van der Waals surface area contributed by atoms with Gasteiger partial charge in [0.25, 0.3) is 0 Å². The van der Waals surface area contributed by atoms with Crippen LogP contribution in [0.4, 0.5) is 0 Å². The molecule has 0 aliphatic rings. The van der Waals surface area contributed by atoms with Crippen molar-refractivity contribution in [2.75, 3.05) is 7.11 Å². The Morgan fingerprint density at radius 3 is 2.61 bits per heavy atom. The second-order valence-electron chi connectivity index (χ2n) is 5.08. The van der Waals surface area contributed by atoms with Gasteiger partial charge in [0.2, 0.25) is 0 Å². The summed E-state index contributed by atoms with van der Waals surface area (Å²) in [4.78, 5) is 11.6. The van der Waals surface area contributed by atoms with E-state index in [2.05, 4.69) is 10.8 Å². The Labute approximate surface area is 133 Å². The van der Waals surface area contributed by atoms with Gasteiger partial charge in [-0.2, -0.15) is 5.26 Å². The first kappa shape index (κ1) is 14.6. The maximum atomic E-state index is 11.6. The number of aromatic hydroxyl groups is 1. The van der Waals surface area contributed by atoms with Crippen LogP contribution < -0.4 is 0 Å². The average molecular weight is 303 g/mol. The van der Waals surface area contributed by atoms with Crippen molar-refractivity contribution in [2.24, 2.45) is 0 Å². The Morgan fingerprint density at radius 1 is 1.13 bits per heavy atom. The van der Waals surface area contributed by atoms with E-state index in [1.807, 2.05) is 30.3 Å². The molecule has 0 saturated heterocycles. The molecule has 23 heavy (non-hydrogen) atoms. The topological polar surface area (TPSA) is 70.3 Å². The van der Waals surface area contributed by atoms with Crippen LogP contribution >= 0.6 is 0 Å². The molecule has 0 spiro atoms. The summed E-state index contributed by atoms with van der Waals surface area (Å²) < 4.78 is 4.63. The number of hydrogen-bond donors (Lipinski definition) is 1. The lowest BCUT2D eigenvalue weighted by molar-refractivity contribution is 0.0597. The molecule has 0 radical (unpaired) electrons. The number of phenols is 1. The minimum atomic E-state index is -0.593. The summed E-state index contributed by atoms with van der Waals surface area (Å²) in [6.45, 7) is 0. The highest BCUT2D eigenvalue weighted by Crippen LogP contribution is 2.33. The smallest absolute Gasteiger partial charge is 0.341 e. The van der Waals surface area contributed by atoms with E-state index in [0.717, 1.165) is 21.9 Å². The average Bonchev–Trinajstić information content (AvgIpc) is 2.60. The van der Waals surface area contributed by atoms with E-state index in [4.69, 9.17) is 0 Å². The van der Waals surface area contributed by atoms with Crippen molar-refractivity contribution in [1.82, 2.24) is 0 Å². The summed E-state index contributed by atoms with van der Waals surface area (Å²) >= 11 is 0. The predicted molar refractivity (Wildman–Crippen MR) is 87.1 cm³/mol. The summed E-state index contributed by atoms with van der Waals surface area (Å²) in [6.07, 6.45) is 0. The number of carbonyl (C=O) groups excluding carboxylic acids is 1. The normalized spacial score (nSPS) is 10.3. The zero-order chi connectivity index (χ0) is 16.4. The molecule has 4 heteroatoms. The number of rotatable bonds is 2. The van der Waals surface area contributed by atoms with Crippen molar-refractivity contribution in [3.63, 3.8) is 0 Å². The fraction of sp³-hybridized carbons (Fsp3) is 0.0526. The number of nitrogens with zero attached hydrogens (tertiary/aromatic N) is 1. The van der Waals surface area contributed by atoms with Crippen LogP contribution in [0.5, 0.6) is 5.75 Å². The van der Waals surface area contributed by atoms with Crippen molar-refractivity contribution in [3.05, 3.63) is 65.7 Å². The highest BCUT2D eigenvalue weighted by Gasteiger charge is 2.14. The number of nitriles is 1. The Balaban J connectivity index is 2.23. The van der Waals surface area contributed by atoms with E-state index in [0.29, 0.717) is 5.56 Å². The number of methoxy groups -OCH3 is 1. The molecule has 112 valence electrons. The first-order valence-electron chi connectivity index (χ1n) is 6.98. The van der Waals surface area contributed by atoms with Crippen molar-refractivity contribution in [1.29, 1.82) is 5.26 Å². The van der Waals surface area contributed by atoms with Crippen LogP contribution in [0.2, 0.25) is 0 Å². The van der Waals surface area contributed by atoms with Crippen molar-refractivity contribution in [2.45, 2.75) is 0 Å². The van der Waals surface area contributed by atoms with Crippen molar-refractivity contribution in [3.8, 4) is 22.9 Å². The zero-order valence-electron chi connectivity index (χ0n) is 12.4. The lowest BCUT2D eigenvalue weighted by Gasteiger charge is -2.10. The molecule has 3 aromatic rings. The summed E-state index contributed by atoms with van der Waals surface area (Å²) in [5, 5.41) is 21.2. The molecular formula is C19H13NO3. The largest absolute Gasteiger partial charge is 0.507 e. The number of ether oxygens (including phenoxy) is 1. The lowest BCUT2D eigenvalue weighted by atomic mass is 9.95. The van der Waals surface area contributed by atoms with Gasteiger partial charge in [-0.25, -0.2) is 4.79 Å². The van der Waals surface area contributed by atoms with Gasteiger partial charge in [-0.1, -0.05) is 30.3 Å². The Bertz CT molecular complexity index is 954. The predicted octanol–water partition coefficient (Wildman–Crippen LogP) is 3.87. The Kier molecular flexibility index (Phi) is 3.70. The van der Waals surface area contributed by atoms with E-state index in [-0.39, 0.29) is 11.3 Å². The van der Waals surface area contributed by atoms with Gasteiger partial charge in [0.15, 0.2) is 0 Å². The van der Waals surface area contributed by atoms with E-state index < -0.39 is 5.97 Å². The molecular weight excluding hydrogens is 290 g/mol. The molecule has 0 aliphatic heterocycles. The number of phenolic OH excluding ortho intramolecular Hbond substituents is 1. The molecule has 0 bridgehead atoms. The van der Waals surface area contributed by atoms with Crippen LogP contribution in [0, 0.1) is 11.3 Å². The molecule has 0 amide bonds. The molecule has 0 heterocycles. The first-order valence-corrected chi connectivity index (χ1v) is 6.98. The summed E-state index contributed by atoms with van der Waals surface area (Å²) in [6, 6.07) is 18.2. The van der Waals surface area contributed by atoms with Crippen molar-refractivity contribution >= 4 is 16.7 Å². The molecule has 0 saturated carbocycles. The monoisotopic (exact) mass is 303 g/mol. The van der Waals surface area contributed by atoms with Gasteiger partial charge in [0.05, 0.1) is 18.7 Å².